The Morgan fingerprint density at radius 2 is 2.38 bits per heavy atom. The summed E-state index contributed by atoms with van der Waals surface area (Å²) in [6.45, 7) is 0. The van der Waals surface area contributed by atoms with Crippen LogP contribution in [0.25, 0.3) is 10.9 Å². The second kappa shape index (κ2) is 3.32. The molecule has 0 spiro atoms. The van der Waals surface area contributed by atoms with Crippen molar-refractivity contribution in [2.24, 2.45) is 0 Å². The van der Waals surface area contributed by atoms with Gasteiger partial charge in [0, 0.05) is 11.8 Å². The van der Waals surface area contributed by atoms with Gasteiger partial charge in [0.05, 0.1) is 11.7 Å². The topological polar surface area (TPSA) is 28.7 Å². The molecule has 0 amide bonds. The standard InChI is InChI=1S/C11H10N2/c1-2-3-5-9-6-4-7-10-8-12-13-11(9)10/h1,4,6-8H,3,5H2,(H,12,13). The molecule has 0 bridgehead atoms. The van der Waals surface area contributed by atoms with Crippen molar-refractivity contribution in [3.8, 4) is 12.3 Å². The quantitative estimate of drug-likeness (QED) is 0.687. The molecule has 1 aromatic carbocycles. The number of rotatable bonds is 2. The number of terminal acetylenes is 1. The molecule has 0 radical (unpaired) electrons. The van der Waals surface area contributed by atoms with E-state index in [1.807, 2.05) is 18.3 Å². The lowest BCUT2D eigenvalue weighted by molar-refractivity contribution is 1.02. The summed E-state index contributed by atoms with van der Waals surface area (Å²) >= 11 is 0. The number of H-pyrrole nitrogens is 1. The van der Waals surface area contributed by atoms with E-state index in [0.29, 0.717) is 0 Å². The molecule has 0 saturated carbocycles. The largest absolute Gasteiger partial charge is 0.278 e. The van der Waals surface area contributed by atoms with Crippen molar-refractivity contribution in [1.29, 1.82) is 0 Å². The molecule has 2 aromatic rings. The molecule has 0 aliphatic rings. The fraction of sp³-hybridized carbons (Fsp3) is 0.182. The van der Waals surface area contributed by atoms with Crippen LogP contribution in [0.3, 0.4) is 0 Å². The summed E-state index contributed by atoms with van der Waals surface area (Å²) in [4.78, 5) is 0. The van der Waals surface area contributed by atoms with E-state index >= 15 is 0 Å². The van der Waals surface area contributed by atoms with Crippen LogP contribution in [0.2, 0.25) is 0 Å². The van der Waals surface area contributed by atoms with E-state index in [1.165, 1.54) is 5.56 Å². The Kier molecular flexibility index (Phi) is 2.01. The third kappa shape index (κ3) is 1.41. The molecule has 1 N–H and O–H groups in total. The summed E-state index contributed by atoms with van der Waals surface area (Å²) in [7, 11) is 0. The first-order valence-electron chi connectivity index (χ1n) is 4.26. The SMILES string of the molecule is C#CCCc1cccc2cn[nH]c12. The second-order valence-electron chi connectivity index (χ2n) is 2.96. The highest BCUT2D eigenvalue weighted by atomic mass is 15.1. The van der Waals surface area contributed by atoms with E-state index in [4.69, 9.17) is 6.42 Å². The van der Waals surface area contributed by atoms with Crippen LogP contribution in [0.4, 0.5) is 0 Å². The summed E-state index contributed by atoms with van der Waals surface area (Å²) in [5.74, 6) is 2.64. The molecule has 64 valence electrons. The molecule has 0 fully saturated rings. The molecule has 0 unspecified atom stereocenters. The van der Waals surface area contributed by atoms with Crippen LogP contribution in [0.1, 0.15) is 12.0 Å². The number of hydrogen-bond acceptors (Lipinski definition) is 1. The molecule has 0 saturated heterocycles. The van der Waals surface area contributed by atoms with Crippen LogP contribution >= 0.6 is 0 Å². The van der Waals surface area contributed by atoms with Gasteiger partial charge < -0.3 is 0 Å². The van der Waals surface area contributed by atoms with Crippen molar-refractivity contribution in [2.75, 3.05) is 0 Å². The fourth-order valence-corrected chi connectivity index (χ4v) is 1.45. The lowest BCUT2D eigenvalue weighted by atomic mass is 10.1. The minimum Gasteiger partial charge on any atom is -0.278 e. The number of benzene rings is 1. The van der Waals surface area contributed by atoms with Crippen LogP contribution in [0, 0.1) is 12.3 Å². The van der Waals surface area contributed by atoms with Crippen LogP contribution in [0.15, 0.2) is 24.4 Å². The Morgan fingerprint density at radius 3 is 3.23 bits per heavy atom. The summed E-state index contributed by atoms with van der Waals surface area (Å²) in [5.41, 5.74) is 2.35. The molecular formula is C11H10N2. The van der Waals surface area contributed by atoms with Crippen LogP contribution in [-0.2, 0) is 6.42 Å². The van der Waals surface area contributed by atoms with E-state index in [1.54, 1.807) is 0 Å². The van der Waals surface area contributed by atoms with E-state index in [-0.39, 0.29) is 0 Å². The average molecular weight is 170 g/mol. The van der Waals surface area contributed by atoms with Gasteiger partial charge in [0.2, 0.25) is 0 Å². The summed E-state index contributed by atoms with van der Waals surface area (Å²) < 4.78 is 0. The van der Waals surface area contributed by atoms with Gasteiger partial charge in [-0.25, -0.2) is 0 Å². The lowest BCUT2D eigenvalue weighted by Crippen LogP contribution is -1.85. The van der Waals surface area contributed by atoms with Gasteiger partial charge >= 0.3 is 0 Å². The maximum atomic E-state index is 5.22. The third-order valence-corrected chi connectivity index (χ3v) is 2.10. The van der Waals surface area contributed by atoms with E-state index in [2.05, 4.69) is 22.2 Å². The Labute approximate surface area is 77.0 Å². The molecule has 0 atom stereocenters. The number of aryl methyl sites for hydroxylation is 1. The maximum Gasteiger partial charge on any atom is 0.0682 e. The Hall–Kier alpha value is -1.75. The number of hydrogen-bond donors (Lipinski definition) is 1. The van der Waals surface area contributed by atoms with Crippen LogP contribution < -0.4 is 0 Å². The Bertz CT molecular complexity index is 448. The summed E-state index contributed by atoms with van der Waals surface area (Å²) in [6, 6.07) is 6.15. The van der Waals surface area contributed by atoms with Gasteiger partial charge in [-0.05, 0) is 12.0 Å². The predicted octanol–water partition coefficient (Wildman–Crippen LogP) is 2.13. The van der Waals surface area contributed by atoms with Gasteiger partial charge in [-0.2, -0.15) is 5.10 Å². The fourth-order valence-electron chi connectivity index (χ4n) is 1.45. The van der Waals surface area contributed by atoms with Crippen molar-refractivity contribution < 1.29 is 0 Å². The third-order valence-electron chi connectivity index (χ3n) is 2.10. The maximum absolute atomic E-state index is 5.22. The minimum atomic E-state index is 0.776. The van der Waals surface area contributed by atoms with Crippen molar-refractivity contribution >= 4 is 10.9 Å². The van der Waals surface area contributed by atoms with Gasteiger partial charge in [-0.3, -0.25) is 5.10 Å². The number of aromatic amines is 1. The highest BCUT2D eigenvalue weighted by Crippen LogP contribution is 2.16. The van der Waals surface area contributed by atoms with Crippen LogP contribution in [0.5, 0.6) is 0 Å². The molecule has 0 aliphatic carbocycles. The van der Waals surface area contributed by atoms with Crippen LogP contribution in [-0.4, -0.2) is 10.2 Å². The van der Waals surface area contributed by atoms with Crippen molar-refractivity contribution in [3.63, 3.8) is 0 Å². The molecule has 2 rings (SSSR count). The van der Waals surface area contributed by atoms with Gasteiger partial charge in [0.25, 0.3) is 0 Å². The van der Waals surface area contributed by atoms with Gasteiger partial charge in [-0.15, -0.1) is 12.3 Å². The Balaban J connectivity index is 2.44. The first kappa shape index (κ1) is 7.88. The first-order valence-corrected chi connectivity index (χ1v) is 4.26. The molecule has 2 heteroatoms. The summed E-state index contributed by atoms with van der Waals surface area (Å²) in [5, 5.41) is 8.12. The molecule has 1 aromatic heterocycles. The Morgan fingerprint density at radius 1 is 1.46 bits per heavy atom. The number of para-hydroxylation sites is 1. The monoisotopic (exact) mass is 170 g/mol. The molecule has 13 heavy (non-hydrogen) atoms. The van der Waals surface area contributed by atoms with Gasteiger partial charge in [-0.1, -0.05) is 18.2 Å². The highest BCUT2D eigenvalue weighted by Gasteiger charge is 2.00. The number of nitrogens with one attached hydrogen (secondary N) is 1. The zero-order valence-corrected chi connectivity index (χ0v) is 7.25. The first-order chi connectivity index (χ1) is 6.42. The predicted molar refractivity (Wildman–Crippen MR) is 53.2 cm³/mol. The average Bonchev–Trinajstić information content (AvgIpc) is 2.62. The summed E-state index contributed by atoms with van der Waals surface area (Å²) in [6.07, 6.45) is 8.74. The van der Waals surface area contributed by atoms with Gasteiger partial charge in [0.15, 0.2) is 0 Å². The van der Waals surface area contributed by atoms with Crippen molar-refractivity contribution in [1.82, 2.24) is 10.2 Å². The molecule has 2 nitrogen and oxygen atoms in total. The smallest absolute Gasteiger partial charge is 0.0682 e. The van der Waals surface area contributed by atoms with Crippen molar-refractivity contribution in [2.45, 2.75) is 12.8 Å². The number of aromatic nitrogens is 2. The van der Waals surface area contributed by atoms with Crippen molar-refractivity contribution in [3.05, 3.63) is 30.0 Å². The zero-order chi connectivity index (χ0) is 9.10. The molecular weight excluding hydrogens is 160 g/mol. The number of fused-ring (bicyclic) bond motifs is 1. The minimum absolute atomic E-state index is 0.776. The molecule has 1 heterocycles. The highest BCUT2D eigenvalue weighted by molar-refractivity contribution is 5.81. The normalized spacial score (nSPS) is 10.1. The van der Waals surface area contributed by atoms with E-state index < -0.39 is 0 Å². The number of nitrogens with zero attached hydrogens (tertiary/aromatic N) is 1. The lowest BCUT2D eigenvalue weighted by Gasteiger charge is -1.98. The van der Waals surface area contributed by atoms with Gasteiger partial charge in [0.1, 0.15) is 0 Å². The molecule has 0 aliphatic heterocycles. The second-order valence-corrected chi connectivity index (χ2v) is 2.96. The zero-order valence-electron chi connectivity index (χ0n) is 7.25. The van der Waals surface area contributed by atoms with E-state index in [9.17, 15) is 0 Å². The van der Waals surface area contributed by atoms with E-state index in [0.717, 1.165) is 23.7 Å².